The van der Waals surface area contributed by atoms with Crippen LogP contribution in [0.3, 0.4) is 0 Å². The lowest BCUT2D eigenvalue weighted by molar-refractivity contribution is -0.143. The Hall–Kier alpha value is -3.04. The number of nitrogens with zero attached hydrogens (tertiary/aromatic N) is 1. The molecule has 1 aromatic heterocycles. The van der Waals surface area contributed by atoms with Crippen molar-refractivity contribution in [1.29, 1.82) is 0 Å². The maximum atomic E-state index is 12.9. The first kappa shape index (κ1) is 19.7. The number of halogens is 6. The van der Waals surface area contributed by atoms with E-state index in [1.807, 2.05) is 0 Å². The molecular weight excluding hydrogens is 390 g/mol. The van der Waals surface area contributed by atoms with E-state index < -0.39 is 35.1 Å². The molecule has 0 radical (unpaired) electrons. The van der Waals surface area contributed by atoms with Crippen LogP contribution in [0.5, 0.6) is 0 Å². The minimum atomic E-state index is -5.00. The number of aromatic nitrogens is 1. The Kier molecular flexibility index (Phi) is 4.82. The first-order valence-corrected chi connectivity index (χ1v) is 7.88. The molecule has 1 N–H and O–H groups in total. The van der Waals surface area contributed by atoms with Gasteiger partial charge in [-0.25, -0.2) is 0 Å². The summed E-state index contributed by atoms with van der Waals surface area (Å²) in [5, 5.41) is 6.34. The van der Waals surface area contributed by atoms with Crippen molar-refractivity contribution < 1.29 is 35.7 Å². The first-order valence-electron chi connectivity index (χ1n) is 7.88. The summed E-state index contributed by atoms with van der Waals surface area (Å²) in [6.45, 7) is 1.80. The van der Waals surface area contributed by atoms with Crippen molar-refractivity contribution in [2.24, 2.45) is 0 Å². The highest BCUT2D eigenvalue weighted by Crippen LogP contribution is 2.37. The summed E-state index contributed by atoms with van der Waals surface area (Å²) in [5.74, 6) is -0.829. The molecule has 148 valence electrons. The normalized spacial score (nSPS) is 12.4. The highest BCUT2D eigenvalue weighted by Gasteiger charge is 2.37. The van der Waals surface area contributed by atoms with Crippen LogP contribution in [0.2, 0.25) is 0 Å². The molecule has 1 amide bonds. The van der Waals surface area contributed by atoms with E-state index >= 15 is 0 Å². The number of alkyl halides is 6. The highest BCUT2D eigenvalue weighted by molar-refractivity contribution is 5.95. The molecule has 3 rings (SSSR count). The molecule has 0 atom stereocenters. The van der Waals surface area contributed by atoms with E-state index in [4.69, 9.17) is 4.52 Å². The number of aryl methyl sites for hydroxylation is 1. The second kappa shape index (κ2) is 6.84. The highest BCUT2D eigenvalue weighted by atomic mass is 19.4. The van der Waals surface area contributed by atoms with Crippen LogP contribution in [0.15, 0.2) is 40.9 Å². The Labute approximate surface area is 154 Å². The third kappa shape index (κ3) is 4.26. The fourth-order valence-corrected chi connectivity index (χ4v) is 2.61. The first-order chi connectivity index (χ1) is 12.9. The summed E-state index contributed by atoms with van der Waals surface area (Å²) < 4.78 is 82.4. The monoisotopic (exact) mass is 402 g/mol. The predicted octanol–water partition coefficient (Wildman–Crippen LogP) is 5.36. The molecule has 0 bridgehead atoms. The zero-order chi connectivity index (χ0) is 20.7. The van der Waals surface area contributed by atoms with Crippen LogP contribution in [-0.4, -0.2) is 11.1 Å². The van der Waals surface area contributed by atoms with Gasteiger partial charge in [-0.2, -0.15) is 26.3 Å². The second-order valence-electron chi connectivity index (χ2n) is 6.15. The third-order valence-corrected chi connectivity index (χ3v) is 3.90. The number of anilines is 1. The van der Waals surface area contributed by atoms with Gasteiger partial charge in [-0.1, -0.05) is 16.8 Å². The van der Waals surface area contributed by atoms with Gasteiger partial charge < -0.3 is 9.84 Å². The third-order valence-electron chi connectivity index (χ3n) is 3.90. The van der Waals surface area contributed by atoms with E-state index in [1.165, 1.54) is 0 Å². The van der Waals surface area contributed by atoms with Crippen molar-refractivity contribution in [3.05, 3.63) is 58.8 Å². The Balaban J connectivity index is 1.87. The average molecular weight is 402 g/mol. The number of nitrogens with one attached hydrogen (secondary N) is 1. The Morgan fingerprint density at radius 2 is 1.61 bits per heavy atom. The second-order valence-corrected chi connectivity index (χ2v) is 6.15. The topological polar surface area (TPSA) is 55.1 Å². The van der Waals surface area contributed by atoms with Crippen LogP contribution in [0.1, 0.15) is 22.4 Å². The van der Waals surface area contributed by atoms with Gasteiger partial charge in [-0.15, -0.1) is 0 Å². The van der Waals surface area contributed by atoms with Crippen LogP contribution in [0.25, 0.3) is 11.0 Å². The van der Waals surface area contributed by atoms with Gasteiger partial charge in [0.25, 0.3) is 0 Å². The van der Waals surface area contributed by atoms with Crippen LogP contribution in [0, 0.1) is 6.92 Å². The molecule has 0 saturated carbocycles. The lowest BCUT2D eigenvalue weighted by Crippen LogP contribution is -2.17. The number of amides is 1. The number of benzene rings is 2. The smallest absolute Gasteiger partial charge is 0.356 e. The zero-order valence-electron chi connectivity index (χ0n) is 14.2. The maximum absolute atomic E-state index is 12.9. The van der Waals surface area contributed by atoms with Gasteiger partial charge >= 0.3 is 12.4 Å². The zero-order valence-corrected chi connectivity index (χ0v) is 14.2. The summed E-state index contributed by atoms with van der Waals surface area (Å²) in [7, 11) is 0. The van der Waals surface area contributed by atoms with Crippen molar-refractivity contribution in [1.82, 2.24) is 5.16 Å². The fourth-order valence-electron chi connectivity index (χ4n) is 2.61. The molecule has 28 heavy (non-hydrogen) atoms. The molecule has 0 aliphatic rings. The van der Waals surface area contributed by atoms with Crippen molar-refractivity contribution in [2.45, 2.75) is 25.7 Å². The van der Waals surface area contributed by atoms with Crippen LogP contribution >= 0.6 is 0 Å². The van der Waals surface area contributed by atoms with Gasteiger partial charge in [0.15, 0.2) is 5.58 Å². The van der Waals surface area contributed by atoms with Gasteiger partial charge in [-0.3, -0.25) is 4.79 Å². The van der Waals surface area contributed by atoms with E-state index in [9.17, 15) is 31.1 Å². The van der Waals surface area contributed by atoms with E-state index in [2.05, 4.69) is 10.5 Å². The molecule has 4 nitrogen and oxygen atoms in total. The number of carbonyl (C=O) groups is 1. The van der Waals surface area contributed by atoms with E-state index in [0.717, 1.165) is 5.56 Å². The van der Waals surface area contributed by atoms with Crippen molar-refractivity contribution in [3.63, 3.8) is 0 Å². The summed E-state index contributed by atoms with van der Waals surface area (Å²) in [6, 6.07) is 5.99. The summed E-state index contributed by atoms with van der Waals surface area (Å²) in [6.07, 6.45) is -10.4. The molecule has 0 unspecified atom stereocenters. The van der Waals surface area contributed by atoms with Gasteiger partial charge in [0.2, 0.25) is 5.91 Å². The number of fused-ring (bicyclic) bond motifs is 1. The predicted molar refractivity (Wildman–Crippen MR) is 87.5 cm³/mol. The van der Waals surface area contributed by atoms with Gasteiger partial charge in [0.05, 0.1) is 17.5 Å². The molecule has 1 heterocycles. The van der Waals surface area contributed by atoms with Crippen molar-refractivity contribution in [3.8, 4) is 0 Å². The molecule has 0 aliphatic carbocycles. The van der Waals surface area contributed by atoms with Gasteiger partial charge in [0.1, 0.15) is 5.69 Å². The molecule has 0 aliphatic heterocycles. The standard InChI is InChI=1S/C18H12F6N2O2/c1-9-2-3-15-13(4-9)14(26-28-15)8-16(27)25-12-6-10(17(19,20)21)5-11(7-12)18(22,23)24/h2-7H,8H2,1H3,(H,25,27). The van der Waals surface area contributed by atoms with Crippen molar-refractivity contribution in [2.75, 3.05) is 5.32 Å². The molecule has 0 fully saturated rings. The van der Waals surface area contributed by atoms with E-state index in [0.29, 0.717) is 23.1 Å². The number of rotatable bonds is 3. The van der Waals surface area contributed by atoms with E-state index in [-0.39, 0.29) is 18.2 Å². The lowest BCUT2D eigenvalue weighted by atomic mass is 10.1. The SMILES string of the molecule is Cc1ccc2onc(CC(=O)Nc3cc(C(F)(F)F)cc(C(F)(F)F)c3)c2c1. The Bertz CT molecular complexity index is 1000. The summed E-state index contributed by atoms with van der Waals surface area (Å²) >= 11 is 0. The van der Waals surface area contributed by atoms with Gasteiger partial charge in [0, 0.05) is 11.1 Å². The average Bonchev–Trinajstić information content (AvgIpc) is 2.95. The molecular formula is C18H12F6N2O2. The quantitative estimate of drug-likeness (QED) is 0.601. The number of hydrogen-bond donors (Lipinski definition) is 1. The maximum Gasteiger partial charge on any atom is 0.416 e. The largest absolute Gasteiger partial charge is 0.416 e. The summed E-state index contributed by atoms with van der Waals surface area (Å²) in [5.41, 5.74) is -2.15. The fraction of sp³-hybridized carbons (Fsp3) is 0.222. The molecule has 10 heteroatoms. The Morgan fingerprint density at radius 3 is 2.18 bits per heavy atom. The lowest BCUT2D eigenvalue weighted by Gasteiger charge is -2.14. The molecule has 2 aromatic carbocycles. The summed E-state index contributed by atoms with van der Waals surface area (Å²) in [4.78, 5) is 12.2. The minimum Gasteiger partial charge on any atom is -0.356 e. The van der Waals surface area contributed by atoms with Crippen LogP contribution < -0.4 is 5.32 Å². The minimum absolute atomic E-state index is 0.0103. The molecule has 0 spiro atoms. The molecule has 0 saturated heterocycles. The van der Waals surface area contributed by atoms with E-state index in [1.54, 1.807) is 25.1 Å². The van der Waals surface area contributed by atoms with Gasteiger partial charge in [-0.05, 0) is 37.3 Å². The Morgan fingerprint density at radius 1 is 1.00 bits per heavy atom. The van der Waals surface area contributed by atoms with Crippen molar-refractivity contribution >= 4 is 22.6 Å². The van der Waals surface area contributed by atoms with Crippen LogP contribution in [0.4, 0.5) is 32.0 Å². The number of carbonyl (C=O) groups excluding carboxylic acids is 1. The molecule has 3 aromatic rings. The number of hydrogen-bond acceptors (Lipinski definition) is 3. The van der Waals surface area contributed by atoms with Crippen LogP contribution in [-0.2, 0) is 23.6 Å².